The zero-order valence-corrected chi connectivity index (χ0v) is 44.0. The first-order chi connectivity index (χ1) is 32.0. The summed E-state index contributed by atoms with van der Waals surface area (Å²) in [6.07, 6.45) is 65.2. The molecule has 65 heavy (non-hydrogen) atoms. The van der Waals surface area contributed by atoms with Gasteiger partial charge in [0.2, 0.25) is 5.91 Å². The Balaban J connectivity index is 3.41. The monoisotopic (exact) mass is 918 g/mol. The Bertz CT molecular complexity index is 970. The van der Waals surface area contributed by atoms with Gasteiger partial charge in [-0.1, -0.05) is 296 Å². The van der Waals surface area contributed by atoms with E-state index in [0.717, 1.165) is 38.5 Å². The van der Waals surface area contributed by atoms with Gasteiger partial charge in [-0.3, -0.25) is 9.59 Å². The number of hydrogen-bond acceptors (Lipinski definition) is 5. The van der Waals surface area contributed by atoms with Gasteiger partial charge >= 0.3 is 5.97 Å². The second kappa shape index (κ2) is 55.2. The molecular formula is C59H115NO5. The Hall–Kier alpha value is -1.40. The maximum absolute atomic E-state index is 12.5. The van der Waals surface area contributed by atoms with Crippen molar-refractivity contribution in [3.05, 3.63) is 12.2 Å². The van der Waals surface area contributed by atoms with Crippen molar-refractivity contribution in [2.24, 2.45) is 0 Å². The minimum Gasteiger partial charge on any atom is -0.466 e. The molecule has 2 atom stereocenters. The Morgan fingerprint density at radius 1 is 0.415 bits per heavy atom. The van der Waals surface area contributed by atoms with E-state index in [4.69, 9.17) is 4.74 Å². The SMILES string of the molecule is CCCCCCCCCCCCCCC/C=C/C(O)C(CO)NC(=O)CCCCCCCCCCCCCCCCCCCOC(=O)CCCCCCCCCCCCCCCCCC. The molecule has 0 aliphatic heterocycles. The van der Waals surface area contributed by atoms with E-state index in [0.29, 0.717) is 19.4 Å². The molecule has 0 aromatic heterocycles. The summed E-state index contributed by atoms with van der Waals surface area (Å²) in [5.74, 6) is -0.0627. The van der Waals surface area contributed by atoms with Crippen molar-refractivity contribution >= 4 is 11.9 Å². The summed E-state index contributed by atoms with van der Waals surface area (Å²) in [5, 5.41) is 23.1. The number of esters is 1. The van der Waals surface area contributed by atoms with Gasteiger partial charge in [0.05, 0.1) is 25.4 Å². The molecule has 1 amide bonds. The minimum absolute atomic E-state index is 0.00844. The van der Waals surface area contributed by atoms with Crippen molar-refractivity contribution < 1.29 is 24.5 Å². The van der Waals surface area contributed by atoms with Gasteiger partial charge in [-0.25, -0.2) is 0 Å². The number of hydrogen-bond donors (Lipinski definition) is 3. The number of amides is 1. The van der Waals surface area contributed by atoms with Crippen molar-refractivity contribution in [3.63, 3.8) is 0 Å². The molecule has 6 nitrogen and oxygen atoms in total. The van der Waals surface area contributed by atoms with Gasteiger partial charge in [0.25, 0.3) is 0 Å². The van der Waals surface area contributed by atoms with Crippen LogP contribution in [0.3, 0.4) is 0 Å². The number of ether oxygens (including phenoxy) is 1. The van der Waals surface area contributed by atoms with Crippen LogP contribution in [0.5, 0.6) is 0 Å². The van der Waals surface area contributed by atoms with Gasteiger partial charge in [0, 0.05) is 12.8 Å². The van der Waals surface area contributed by atoms with E-state index in [1.165, 1.54) is 263 Å². The Morgan fingerprint density at radius 3 is 1.05 bits per heavy atom. The van der Waals surface area contributed by atoms with Crippen LogP contribution < -0.4 is 5.32 Å². The largest absolute Gasteiger partial charge is 0.466 e. The summed E-state index contributed by atoms with van der Waals surface area (Å²) in [4.78, 5) is 24.5. The summed E-state index contributed by atoms with van der Waals surface area (Å²) in [5.41, 5.74) is 0. The summed E-state index contributed by atoms with van der Waals surface area (Å²) in [7, 11) is 0. The topological polar surface area (TPSA) is 95.9 Å². The van der Waals surface area contributed by atoms with Gasteiger partial charge in [0.1, 0.15) is 0 Å². The molecule has 0 radical (unpaired) electrons. The lowest BCUT2D eigenvalue weighted by molar-refractivity contribution is -0.143. The molecule has 386 valence electrons. The van der Waals surface area contributed by atoms with Crippen LogP contribution >= 0.6 is 0 Å². The molecule has 0 aliphatic carbocycles. The molecule has 2 unspecified atom stereocenters. The number of carbonyl (C=O) groups excluding carboxylic acids is 2. The van der Waals surface area contributed by atoms with E-state index in [2.05, 4.69) is 19.2 Å². The van der Waals surface area contributed by atoms with Crippen LogP contribution in [-0.2, 0) is 14.3 Å². The second-order valence-electron chi connectivity index (χ2n) is 20.3. The van der Waals surface area contributed by atoms with Crippen molar-refractivity contribution in [2.75, 3.05) is 13.2 Å². The maximum Gasteiger partial charge on any atom is 0.305 e. The lowest BCUT2D eigenvalue weighted by Crippen LogP contribution is -2.45. The third kappa shape index (κ3) is 51.8. The molecule has 0 aromatic carbocycles. The highest BCUT2D eigenvalue weighted by atomic mass is 16.5. The molecule has 0 aliphatic rings. The Morgan fingerprint density at radius 2 is 0.708 bits per heavy atom. The number of rotatable bonds is 55. The first kappa shape index (κ1) is 63.6. The van der Waals surface area contributed by atoms with E-state index < -0.39 is 12.1 Å². The molecule has 0 saturated carbocycles. The first-order valence-electron chi connectivity index (χ1n) is 29.5. The predicted molar refractivity (Wildman–Crippen MR) is 283 cm³/mol. The molecule has 0 bridgehead atoms. The fraction of sp³-hybridized carbons (Fsp3) is 0.932. The number of aliphatic hydroxyl groups is 2. The molecule has 3 N–H and O–H groups in total. The highest BCUT2D eigenvalue weighted by molar-refractivity contribution is 5.76. The fourth-order valence-electron chi connectivity index (χ4n) is 9.28. The normalized spacial score (nSPS) is 12.6. The predicted octanol–water partition coefficient (Wildman–Crippen LogP) is 18.1. The number of nitrogens with one attached hydrogen (secondary N) is 1. The van der Waals surface area contributed by atoms with Crippen LogP contribution in [0.4, 0.5) is 0 Å². The van der Waals surface area contributed by atoms with Crippen molar-refractivity contribution in [2.45, 2.75) is 341 Å². The number of allylic oxidation sites excluding steroid dienone is 1. The molecule has 0 heterocycles. The zero-order chi connectivity index (χ0) is 47.2. The van der Waals surface area contributed by atoms with Gasteiger partial charge in [-0.15, -0.1) is 0 Å². The molecule has 0 rings (SSSR count). The van der Waals surface area contributed by atoms with Gasteiger partial charge in [0.15, 0.2) is 0 Å². The van der Waals surface area contributed by atoms with E-state index >= 15 is 0 Å². The van der Waals surface area contributed by atoms with Crippen molar-refractivity contribution in [1.82, 2.24) is 5.32 Å². The Kier molecular flexibility index (Phi) is 54.0. The maximum atomic E-state index is 12.5. The molecule has 6 heteroatoms. The number of unbranched alkanes of at least 4 members (excludes halogenated alkanes) is 44. The number of carbonyl (C=O) groups is 2. The fourth-order valence-corrected chi connectivity index (χ4v) is 9.28. The Labute approximate surface area is 406 Å². The summed E-state index contributed by atoms with van der Waals surface area (Å²) in [6.45, 7) is 4.92. The van der Waals surface area contributed by atoms with Crippen LogP contribution in [0.2, 0.25) is 0 Å². The highest BCUT2D eigenvalue weighted by Gasteiger charge is 2.18. The lowest BCUT2D eigenvalue weighted by atomic mass is 10.0. The van der Waals surface area contributed by atoms with Gasteiger partial charge < -0.3 is 20.3 Å². The van der Waals surface area contributed by atoms with Crippen LogP contribution in [0, 0.1) is 0 Å². The first-order valence-corrected chi connectivity index (χ1v) is 29.5. The van der Waals surface area contributed by atoms with Crippen LogP contribution in [0.25, 0.3) is 0 Å². The second-order valence-corrected chi connectivity index (χ2v) is 20.3. The van der Waals surface area contributed by atoms with E-state index in [9.17, 15) is 19.8 Å². The van der Waals surface area contributed by atoms with Gasteiger partial charge in [-0.2, -0.15) is 0 Å². The summed E-state index contributed by atoms with van der Waals surface area (Å²) >= 11 is 0. The third-order valence-electron chi connectivity index (χ3n) is 13.8. The van der Waals surface area contributed by atoms with Crippen LogP contribution in [-0.4, -0.2) is 47.4 Å². The molecule has 0 aromatic rings. The molecule has 0 fully saturated rings. The average Bonchev–Trinajstić information content (AvgIpc) is 3.31. The standard InChI is InChI=1S/C59H115NO5/c1-3-5-7-9-11-13-15-17-19-25-29-33-37-41-45-49-53-59(64)65-54-50-46-42-38-34-30-26-22-20-21-24-28-32-36-40-44-48-52-58(63)60-56(55-61)57(62)51-47-43-39-35-31-27-23-18-16-14-12-10-8-6-4-2/h47,51,56-57,61-62H,3-46,48-50,52-55H2,1-2H3,(H,60,63)/b51-47+. The molecule has 0 saturated heterocycles. The smallest absolute Gasteiger partial charge is 0.305 e. The summed E-state index contributed by atoms with van der Waals surface area (Å²) < 4.78 is 5.49. The van der Waals surface area contributed by atoms with E-state index in [1.807, 2.05) is 6.08 Å². The van der Waals surface area contributed by atoms with Crippen LogP contribution in [0.1, 0.15) is 328 Å². The molecular weight excluding hydrogens is 803 g/mol. The van der Waals surface area contributed by atoms with E-state index in [-0.39, 0.29) is 18.5 Å². The van der Waals surface area contributed by atoms with Gasteiger partial charge in [-0.05, 0) is 32.1 Å². The quantitative estimate of drug-likeness (QED) is 0.0321. The van der Waals surface area contributed by atoms with Crippen molar-refractivity contribution in [3.8, 4) is 0 Å². The molecule has 0 spiro atoms. The minimum atomic E-state index is -0.847. The third-order valence-corrected chi connectivity index (χ3v) is 13.8. The van der Waals surface area contributed by atoms with E-state index in [1.54, 1.807) is 6.08 Å². The number of aliphatic hydroxyl groups excluding tert-OH is 2. The zero-order valence-electron chi connectivity index (χ0n) is 44.0. The highest BCUT2D eigenvalue weighted by Crippen LogP contribution is 2.17. The van der Waals surface area contributed by atoms with Crippen LogP contribution in [0.15, 0.2) is 12.2 Å². The summed E-state index contributed by atoms with van der Waals surface area (Å²) in [6, 6.07) is -0.631. The van der Waals surface area contributed by atoms with Crippen molar-refractivity contribution in [1.29, 1.82) is 0 Å². The lowest BCUT2D eigenvalue weighted by Gasteiger charge is -2.20. The average molecular weight is 919 g/mol.